The molecule has 132 valence electrons. The molecule has 1 aromatic rings. The normalized spacial score (nSPS) is 13.0. The quantitative estimate of drug-likeness (QED) is 0.552. The molecular formula is C20H31N3O. The maximum Gasteiger partial charge on any atom is 0.264 e. The minimum absolute atomic E-state index is 0.103. The molecule has 1 aromatic heterocycles. The fourth-order valence-electron chi connectivity index (χ4n) is 2.97. The smallest absolute Gasteiger partial charge is 0.264 e. The zero-order chi connectivity index (χ0) is 18.4. The van der Waals surface area contributed by atoms with Crippen LogP contribution in [0.5, 0.6) is 0 Å². The van der Waals surface area contributed by atoms with Crippen LogP contribution in [0.3, 0.4) is 0 Å². The fourth-order valence-corrected chi connectivity index (χ4v) is 2.97. The summed E-state index contributed by atoms with van der Waals surface area (Å²) in [5, 5.41) is 9.52. The van der Waals surface area contributed by atoms with Crippen LogP contribution < -0.4 is 0 Å². The average molecular weight is 329 g/mol. The van der Waals surface area contributed by atoms with Gasteiger partial charge in [0.1, 0.15) is 11.6 Å². The third-order valence-corrected chi connectivity index (χ3v) is 4.77. The van der Waals surface area contributed by atoms with E-state index in [-0.39, 0.29) is 17.5 Å². The van der Waals surface area contributed by atoms with Gasteiger partial charge in [0.15, 0.2) is 0 Å². The van der Waals surface area contributed by atoms with Gasteiger partial charge < -0.3 is 9.47 Å². The van der Waals surface area contributed by atoms with E-state index in [4.69, 9.17) is 0 Å². The summed E-state index contributed by atoms with van der Waals surface area (Å²) in [5.41, 5.74) is 3.43. The Morgan fingerprint density at radius 2 is 1.96 bits per heavy atom. The Morgan fingerprint density at radius 1 is 1.33 bits per heavy atom. The molecule has 0 fully saturated rings. The average Bonchev–Trinajstić information content (AvgIpc) is 2.80. The van der Waals surface area contributed by atoms with Crippen molar-refractivity contribution in [3.05, 3.63) is 28.6 Å². The van der Waals surface area contributed by atoms with Crippen LogP contribution in [0, 0.1) is 31.1 Å². The van der Waals surface area contributed by atoms with E-state index < -0.39 is 0 Å². The number of likely N-dealkylation sites (N-methyl/N-ethyl adjacent to an activating group) is 1. The number of hydrogen-bond acceptors (Lipinski definition) is 2. The van der Waals surface area contributed by atoms with E-state index in [2.05, 4.69) is 44.4 Å². The van der Waals surface area contributed by atoms with Gasteiger partial charge in [0.25, 0.3) is 5.91 Å². The molecule has 0 aliphatic heterocycles. The first-order valence-electron chi connectivity index (χ1n) is 8.87. The Balaban J connectivity index is 3.22. The molecular weight excluding hydrogens is 298 g/mol. The second-order valence-corrected chi connectivity index (χ2v) is 6.72. The third kappa shape index (κ3) is 4.29. The van der Waals surface area contributed by atoms with Crippen molar-refractivity contribution in [1.29, 1.82) is 5.26 Å². The van der Waals surface area contributed by atoms with Crippen molar-refractivity contribution in [3.8, 4) is 6.07 Å². The number of aromatic nitrogens is 1. The van der Waals surface area contributed by atoms with Crippen LogP contribution in [0.15, 0.2) is 11.6 Å². The third-order valence-electron chi connectivity index (χ3n) is 4.77. The van der Waals surface area contributed by atoms with Gasteiger partial charge in [0.2, 0.25) is 0 Å². The number of hydrogen-bond donors (Lipinski definition) is 0. The number of rotatable bonds is 7. The predicted octanol–water partition coefficient (Wildman–Crippen LogP) is 4.31. The summed E-state index contributed by atoms with van der Waals surface area (Å²) in [7, 11) is 0. The summed E-state index contributed by atoms with van der Waals surface area (Å²) in [4.78, 5) is 14.6. The molecule has 0 saturated heterocycles. The molecule has 0 bridgehead atoms. The highest BCUT2D eigenvalue weighted by Gasteiger charge is 2.24. The summed E-state index contributed by atoms with van der Waals surface area (Å²) in [6.07, 6.45) is 2.80. The maximum atomic E-state index is 12.8. The van der Waals surface area contributed by atoms with E-state index in [9.17, 15) is 10.1 Å². The van der Waals surface area contributed by atoms with Crippen molar-refractivity contribution < 1.29 is 4.79 Å². The Hall–Kier alpha value is -2.02. The van der Waals surface area contributed by atoms with E-state index in [0.717, 1.165) is 29.9 Å². The Bertz CT molecular complexity index is 647. The summed E-state index contributed by atoms with van der Waals surface area (Å²) in [5.74, 6) is 0.171. The highest BCUT2D eigenvalue weighted by Crippen LogP contribution is 2.20. The highest BCUT2D eigenvalue weighted by atomic mass is 16.2. The largest absolute Gasteiger partial charge is 0.349 e. The predicted molar refractivity (Wildman–Crippen MR) is 99.5 cm³/mol. The van der Waals surface area contributed by atoms with E-state index >= 15 is 0 Å². The molecule has 1 unspecified atom stereocenters. The fraction of sp³-hybridized carbons (Fsp3) is 0.600. The first kappa shape index (κ1) is 20.0. The molecule has 0 radical (unpaired) electrons. The molecule has 4 nitrogen and oxygen atoms in total. The number of nitrogens with zero attached hydrogens (tertiary/aromatic N) is 3. The van der Waals surface area contributed by atoms with Crippen molar-refractivity contribution in [2.24, 2.45) is 5.92 Å². The van der Waals surface area contributed by atoms with Gasteiger partial charge in [0.05, 0.1) is 0 Å². The van der Waals surface area contributed by atoms with Gasteiger partial charge >= 0.3 is 0 Å². The molecule has 0 saturated carbocycles. The molecule has 1 rings (SSSR count). The van der Waals surface area contributed by atoms with Crippen LogP contribution in [0.2, 0.25) is 0 Å². The topological polar surface area (TPSA) is 49.0 Å². The molecule has 24 heavy (non-hydrogen) atoms. The van der Waals surface area contributed by atoms with Crippen LogP contribution in [0.1, 0.15) is 58.0 Å². The molecule has 0 aromatic carbocycles. The van der Waals surface area contributed by atoms with Gasteiger partial charge in [-0.3, -0.25) is 4.79 Å². The van der Waals surface area contributed by atoms with Crippen molar-refractivity contribution >= 4 is 12.0 Å². The number of amides is 1. The number of carbonyl (C=O) groups is 1. The lowest BCUT2D eigenvalue weighted by Crippen LogP contribution is -2.41. The lowest BCUT2D eigenvalue weighted by atomic mass is 10.0. The van der Waals surface area contributed by atoms with Crippen LogP contribution in [0.4, 0.5) is 0 Å². The SMILES string of the molecule is CCCn1c(C)cc(/C=C(\C#N)C(=O)N(CC)C(C)C(C)C)c1C. The van der Waals surface area contributed by atoms with E-state index in [1.54, 1.807) is 11.0 Å². The van der Waals surface area contributed by atoms with Gasteiger partial charge in [-0.05, 0) is 57.7 Å². The minimum atomic E-state index is -0.179. The van der Waals surface area contributed by atoms with Gasteiger partial charge in [0, 0.05) is 30.5 Å². The van der Waals surface area contributed by atoms with Crippen molar-refractivity contribution in [2.75, 3.05) is 6.54 Å². The molecule has 1 amide bonds. The maximum absolute atomic E-state index is 12.8. The number of nitriles is 1. The summed E-state index contributed by atoms with van der Waals surface area (Å²) in [6, 6.07) is 4.26. The zero-order valence-electron chi connectivity index (χ0n) is 16.2. The minimum Gasteiger partial charge on any atom is -0.349 e. The number of carbonyl (C=O) groups excluding carboxylic acids is 1. The van der Waals surface area contributed by atoms with Gasteiger partial charge in [-0.15, -0.1) is 0 Å². The molecule has 0 N–H and O–H groups in total. The molecule has 4 heteroatoms. The Labute approximate surface area is 146 Å². The van der Waals surface area contributed by atoms with Crippen molar-refractivity contribution in [2.45, 2.75) is 67.5 Å². The van der Waals surface area contributed by atoms with E-state index in [1.165, 1.54) is 0 Å². The molecule has 1 heterocycles. The second-order valence-electron chi connectivity index (χ2n) is 6.72. The van der Waals surface area contributed by atoms with Gasteiger partial charge in [-0.25, -0.2) is 0 Å². The zero-order valence-corrected chi connectivity index (χ0v) is 16.2. The first-order valence-corrected chi connectivity index (χ1v) is 8.87. The monoisotopic (exact) mass is 329 g/mol. The van der Waals surface area contributed by atoms with E-state index in [0.29, 0.717) is 12.5 Å². The second kappa shape index (κ2) is 8.73. The summed E-state index contributed by atoms with van der Waals surface area (Å²) >= 11 is 0. The molecule has 0 aliphatic rings. The van der Waals surface area contributed by atoms with Crippen LogP contribution >= 0.6 is 0 Å². The van der Waals surface area contributed by atoms with Crippen LogP contribution in [-0.4, -0.2) is 28.0 Å². The summed E-state index contributed by atoms with van der Waals surface area (Å²) in [6.45, 7) is 16.0. The van der Waals surface area contributed by atoms with Crippen LogP contribution in [0.25, 0.3) is 6.08 Å². The lowest BCUT2D eigenvalue weighted by Gasteiger charge is -2.30. The van der Waals surface area contributed by atoms with Crippen molar-refractivity contribution in [3.63, 3.8) is 0 Å². The molecule has 0 aliphatic carbocycles. The molecule has 0 spiro atoms. The van der Waals surface area contributed by atoms with Crippen LogP contribution in [-0.2, 0) is 11.3 Å². The highest BCUT2D eigenvalue weighted by molar-refractivity contribution is 6.02. The summed E-state index contributed by atoms with van der Waals surface area (Å²) < 4.78 is 2.24. The van der Waals surface area contributed by atoms with Gasteiger partial charge in [-0.2, -0.15) is 5.26 Å². The Kier molecular flexibility index (Phi) is 7.28. The lowest BCUT2D eigenvalue weighted by molar-refractivity contribution is -0.129. The molecule has 1 atom stereocenters. The standard InChI is InChI=1S/C20H31N3O/c1-8-10-23-15(5)11-18(17(23)7)12-19(13-21)20(24)22(9-2)16(6)14(3)4/h11-12,14,16H,8-10H2,1-7H3/b19-12+. The van der Waals surface area contributed by atoms with Gasteiger partial charge in [-0.1, -0.05) is 20.8 Å². The van der Waals surface area contributed by atoms with E-state index in [1.807, 2.05) is 20.8 Å². The first-order chi connectivity index (χ1) is 11.3. The Morgan fingerprint density at radius 3 is 2.42 bits per heavy atom. The number of aryl methyl sites for hydroxylation is 1. The van der Waals surface area contributed by atoms with Crippen molar-refractivity contribution in [1.82, 2.24) is 9.47 Å².